The van der Waals surface area contributed by atoms with Crippen molar-refractivity contribution in [3.63, 3.8) is 0 Å². The van der Waals surface area contributed by atoms with Crippen LogP contribution in [0.5, 0.6) is 0 Å². The van der Waals surface area contributed by atoms with E-state index in [4.69, 9.17) is 9.52 Å². The number of nitrogens with zero attached hydrogens (tertiary/aromatic N) is 2. The standard InChI is InChI=1S/C12H18N2O3/c1-10-8-11(9-17-10)12(16)14-4-2-13(3-5-14)6-7-15/h8-9,15H,2-7H2,1H3. The smallest absolute Gasteiger partial charge is 0.257 e. The molecule has 5 nitrogen and oxygen atoms in total. The topological polar surface area (TPSA) is 56.9 Å². The van der Waals surface area contributed by atoms with Crippen molar-refractivity contribution in [1.29, 1.82) is 0 Å². The van der Waals surface area contributed by atoms with Crippen molar-refractivity contribution in [3.05, 3.63) is 23.7 Å². The average Bonchev–Trinajstić information content (AvgIpc) is 2.76. The fraction of sp³-hybridized carbons (Fsp3) is 0.583. The molecule has 0 spiro atoms. The lowest BCUT2D eigenvalue weighted by Crippen LogP contribution is -2.49. The Morgan fingerprint density at radius 1 is 1.41 bits per heavy atom. The highest BCUT2D eigenvalue weighted by atomic mass is 16.3. The van der Waals surface area contributed by atoms with Gasteiger partial charge in [0.2, 0.25) is 0 Å². The SMILES string of the molecule is Cc1cc(C(=O)N2CCN(CCO)CC2)co1. The van der Waals surface area contributed by atoms with Crippen LogP contribution in [-0.2, 0) is 0 Å². The summed E-state index contributed by atoms with van der Waals surface area (Å²) < 4.78 is 5.15. The second-order valence-corrected chi connectivity index (χ2v) is 4.30. The zero-order valence-corrected chi connectivity index (χ0v) is 10.1. The van der Waals surface area contributed by atoms with E-state index in [1.165, 1.54) is 6.26 Å². The molecular formula is C12H18N2O3. The van der Waals surface area contributed by atoms with Crippen LogP contribution in [0.3, 0.4) is 0 Å². The monoisotopic (exact) mass is 238 g/mol. The van der Waals surface area contributed by atoms with Crippen molar-refractivity contribution in [2.45, 2.75) is 6.92 Å². The molecule has 5 heteroatoms. The second-order valence-electron chi connectivity index (χ2n) is 4.30. The normalized spacial score (nSPS) is 17.4. The van der Waals surface area contributed by atoms with Gasteiger partial charge in [-0.2, -0.15) is 0 Å². The van der Waals surface area contributed by atoms with E-state index >= 15 is 0 Å². The van der Waals surface area contributed by atoms with E-state index in [0.717, 1.165) is 18.8 Å². The number of aliphatic hydroxyl groups is 1. The highest BCUT2D eigenvalue weighted by molar-refractivity contribution is 5.94. The Morgan fingerprint density at radius 3 is 2.65 bits per heavy atom. The molecule has 0 atom stereocenters. The fourth-order valence-electron chi connectivity index (χ4n) is 2.05. The van der Waals surface area contributed by atoms with Crippen molar-refractivity contribution in [2.75, 3.05) is 39.3 Å². The Kier molecular flexibility index (Phi) is 3.81. The molecule has 1 aromatic heterocycles. The van der Waals surface area contributed by atoms with Gasteiger partial charge in [0.25, 0.3) is 5.91 Å². The lowest BCUT2D eigenvalue weighted by atomic mass is 10.2. The van der Waals surface area contributed by atoms with E-state index in [0.29, 0.717) is 25.2 Å². The van der Waals surface area contributed by atoms with E-state index in [1.807, 2.05) is 11.8 Å². The van der Waals surface area contributed by atoms with Gasteiger partial charge in [0.1, 0.15) is 12.0 Å². The van der Waals surface area contributed by atoms with Gasteiger partial charge in [0.15, 0.2) is 0 Å². The number of piperazine rings is 1. The molecule has 94 valence electrons. The highest BCUT2D eigenvalue weighted by Crippen LogP contribution is 2.11. The third kappa shape index (κ3) is 2.87. The molecule has 0 unspecified atom stereocenters. The summed E-state index contributed by atoms with van der Waals surface area (Å²) in [7, 11) is 0. The maximum Gasteiger partial charge on any atom is 0.257 e. The van der Waals surface area contributed by atoms with Crippen LogP contribution < -0.4 is 0 Å². The zero-order chi connectivity index (χ0) is 12.3. The number of aryl methyl sites for hydroxylation is 1. The summed E-state index contributed by atoms with van der Waals surface area (Å²) in [4.78, 5) is 16.1. The number of carbonyl (C=O) groups is 1. The van der Waals surface area contributed by atoms with Gasteiger partial charge in [0, 0.05) is 32.7 Å². The minimum atomic E-state index is 0.0329. The van der Waals surface area contributed by atoms with E-state index < -0.39 is 0 Å². The van der Waals surface area contributed by atoms with E-state index in [-0.39, 0.29) is 12.5 Å². The lowest BCUT2D eigenvalue weighted by Gasteiger charge is -2.34. The fourth-order valence-corrected chi connectivity index (χ4v) is 2.05. The van der Waals surface area contributed by atoms with Crippen LogP contribution in [0.25, 0.3) is 0 Å². The molecule has 0 bridgehead atoms. The Balaban J connectivity index is 1.90. The first-order valence-electron chi connectivity index (χ1n) is 5.88. The molecule has 1 aliphatic rings. The van der Waals surface area contributed by atoms with E-state index in [2.05, 4.69) is 4.90 Å². The third-order valence-electron chi connectivity index (χ3n) is 3.05. The number of carbonyl (C=O) groups excluding carboxylic acids is 1. The number of hydrogen-bond acceptors (Lipinski definition) is 4. The summed E-state index contributed by atoms with van der Waals surface area (Å²) >= 11 is 0. The zero-order valence-electron chi connectivity index (χ0n) is 10.1. The van der Waals surface area contributed by atoms with Crippen molar-refractivity contribution in [3.8, 4) is 0 Å². The average molecular weight is 238 g/mol. The first kappa shape index (κ1) is 12.1. The number of aliphatic hydroxyl groups excluding tert-OH is 1. The second kappa shape index (κ2) is 5.33. The molecule has 1 N–H and O–H groups in total. The maximum atomic E-state index is 12.1. The molecule has 0 aliphatic carbocycles. The van der Waals surface area contributed by atoms with Gasteiger partial charge in [-0.25, -0.2) is 0 Å². The van der Waals surface area contributed by atoms with Crippen LogP contribution in [0.4, 0.5) is 0 Å². The van der Waals surface area contributed by atoms with E-state index in [1.54, 1.807) is 6.07 Å². The van der Waals surface area contributed by atoms with Gasteiger partial charge >= 0.3 is 0 Å². The first-order valence-corrected chi connectivity index (χ1v) is 5.88. The van der Waals surface area contributed by atoms with Crippen LogP contribution >= 0.6 is 0 Å². The quantitative estimate of drug-likeness (QED) is 0.825. The molecule has 1 saturated heterocycles. The summed E-state index contributed by atoms with van der Waals surface area (Å²) in [5.41, 5.74) is 0.623. The lowest BCUT2D eigenvalue weighted by molar-refractivity contribution is 0.0614. The van der Waals surface area contributed by atoms with Crippen LogP contribution in [0, 0.1) is 6.92 Å². The predicted octanol–water partition coefficient (Wildman–Crippen LogP) is 0.338. The van der Waals surface area contributed by atoms with Gasteiger partial charge in [0.05, 0.1) is 12.2 Å². The van der Waals surface area contributed by atoms with Crippen molar-refractivity contribution in [2.24, 2.45) is 0 Å². The molecule has 0 saturated carbocycles. The van der Waals surface area contributed by atoms with Gasteiger partial charge in [-0.3, -0.25) is 9.69 Å². The maximum absolute atomic E-state index is 12.1. The molecule has 2 heterocycles. The first-order chi connectivity index (χ1) is 8.20. The number of rotatable bonds is 3. The predicted molar refractivity (Wildman–Crippen MR) is 62.9 cm³/mol. The summed E-state index contributed by atoms with van der Waals surface area (Å²) in [5.74, 6) is 0.790. The number of amides is 1. The van der Waals surface area contributed by atoms with Crippen LogP contribution in [0.1, 0.15) is 16.1 Å². The van der Waals surface area contributed by atoms with E-state index in [9.17, 15) is 4.79 Å². The Hall–Kier alpha value is -1.33. The molecule has 1 aromatic rings. The third-order valence-corrected chi connectivity index (χ3v) is 3.05. The van der Waals surface area contributed by atoms with Crippen LogP contribution in [-0.4, -0.2) is 60.1 Å². The number of furan rings is 1. The molecule has 17 heavy (non-hydrogen) atoms. The molecular weight excluding hydrogens is 220 g/mol. The molecule has 1 amide bonds. The van der Waals surface area contributed by atoms with Crippen molar-refractivity contribution >= 4 is 5.91 Å². The number of hydrogen-bond donors (Lipinski definition) is 1. The van der Waals surface area contributed by atoms with Gasteiger partial charge in [-0.1, -0.05) is 0 Å². The molecule has 1 fully saturated rings. The summed E-state index contributed by atoms with van der Waals surface area (Å²) in [5, 5.41) is 8.84. The molecule has 0 aromatic carbocycles. The van der Waals surface area contributed by atoms with Crippen LogP contribution in [0.2, 0.25) is 0 Å². The number of β-amino-alcohol motifs (C(OH)–C–C–N with tert-alkyl or cyclic N) is 1. The largest absolute Gasteiger partial charge is 0.469 e. The summed E-state index contributed by atoms with van der Waals surface area (Å²) in [6, 6.07) is 1.77. The Labute approximate surface area is 101 Å². The Morgan fingerprint density at radius 2 is 2.12 bits per heavy atom. The van der Waals surface area contributed by atoms with Gasteiger partial charge in [-0.05, 0) is 13.0 Å². The minimum Gasteiger partial charge on any atom is -0.469 e. The Bertz CT molecular complexity index is 381. The van der Waals surface area contributed by atoms with Crippen molar-refractivity contribution in [1.82, 2.24) is 9.80 Å². The van der Waals surface area contributed by atoms with Crippen LogP contribution in [0.15, 0.2) is 16.7 Å². The summed E-state index contributed by atoms with van der Waals surface area (Å²) in [6.07, 6.45) is 1.51. The highest BCUT2D eigenvalue weighted by Gasteiger charge is 2.22. The molecule has 2 rings (SSSR count). The van der Waals surface area contributed by atoms with Crippen molar-refractivity contribution < 1.29 is 14.3 Å². The molecule has 1 aliphatic heterocycles. The van der Waals surface area contributed by atoms with Gasteiger partial charge in [-0.15, -0.1) is 0 Å². The minimum absolute atomic E-state index is 0.0329. The molecule has 0 radical (unpaired) electrons. The summed E-state index contributed by atoms with van der Waals surface area (Å²) in [6.45, 7) is 5.76. The van der Waals surface area contributed by atoms with Gasteiger partial charge < -0.3 is 14.4 Å².